The van der Waals surface area contributed by atoms with Gasteiger partial charge in [-0.15, -0.1) is 0 Å². The van der Waals surface area contributed by atoms with Crippen LogP contribution in [0.2, 0.25) is 0 Å². The lowest BCUT2D eigenvalue weighted by molar-refractivity contribution is -0.133. The molecule has 8 nitrogen and oxygen atoms in total. The second-order valence-corrected chi connectivity index (χ2v) is 8.79. The van der Waals surface area contributed by atoms with Gasteiger partial charge in [0.2, 0.25) is 11.9 Å². The average molecular weight is 422 g/mol. The van der Waals surface area contributed by atoms with Gasteiger partial charge in [0.05, 0.1) is 12.5 Å². The van der Waals surface area contributed by atoms with Crippen molar-refractivity contribution >= 4 is 17.8 Å². The smallest absolute Gasteiger partial charge is 0.253 e. The minimum absolute atomic E-state index is 0.0312. The van der Waals surface area contributed by atoms with Crippen LogP contribution < -0.4 is 15.0 Å². The fourth-order valence-corrected chi connectivity index (χ4v) is 5.68. The average Bonchev–Trinajstić information content (AvgIpc) is 3.35. The molecule has 5 rings (SSSR count). The van der Waals surface area contributed by atoms with Crippen molar-refractivity contribution in [1.82, 2.24) is 20.2 Å². The quantitative estimate of drug-likeness (QED) is 0.812. The first-order valence-corrected chi connectivity index (χ1v) is 10.8. The molecule has 0 bridgehead atoms. The number of benzene rings is 1. The molecule has 1 N–H and O–H groups in total. The molecule has 1 unspecified atom stereocenters. The van der Waals surface area contributed by atoms with E-state index in [0.717, 1.165) is 31.6 Å². The van der Waals surface area contributed by atoms with Crippen LogP contribution in [0.15, 0.2) is 42.7 Å². The summed E-state index contributed by atoms with van der Waals surface area (Å²) in [7, 11) is 1.61. The van der Waals surface area contributed by atoms with Gasteiger partial charge in [-0.3, -0.25) is 9.59 Å². The molecule has 8 heteroatoms. The molecule has 2 spiro atoms. The van der Waals surface area contributed by atoms with Gasteiger partial charge in [-0.05, 0) is 49.6 Å². The Labute approximate surface area is 181 Å². The third-order valence-electron chi connectivity index (χ3n) is 7.42. The van der Waals surface area contributed by atoms with Crippen molar-refractivity contribution in [3.63, 3.8) is 0 Å². The molecular formula is C23H27N5O3. The number of rotatable bonds is 3. The second kappa shape index (κ2) is 7.51. The maximum atomic E-state index is 13.1. The summed E-state index contributed by atoms with van der Waals surface area (Å²) in [4.78, 5) is 39.0. The number of carbonyl (C=O) groups excluding carboxylic acids is 2. The fraction of sp³-hybridized carbons (Fsp3) is 0.478. The molecule has 1 aromatic carbocycles. The van der Waals surface area contributed by atoms with Crippen LogP contribution in [0.1, 0.15) is 29.6 Å². The predicted octanol–water partition coefficient (Wildman–Crippen LogP) is 1.73. The SMILES string of the molecule is COc1ccc(C(=O)N2CCC3(CC2)CN(c2ncccn2)CC32CCNC2=O)cc1. The third-order valence-corrected chi connectivity index (χ3v) is 7.42. The van der Waals surface area contributed by atoms with E-state index in [1.807, 2.05) is 29.2 Å². The highest BCUT2D eigenvalue weighted by molar-refractivity contribution is 5.94. The highest BCUT2D eigenvalue weighted by Crippen LogP contribution is 2.56. The van der Waals surface area contributed by atoms with E-state index in [4.69, 9.17) is 4.74 Å². The number of ether oxygens (including phenoxy) is 1. The maximum absolute atomic E-state index is 13.1. The minimum Gasteiger partial charge on any atom is -0.497 e. The van der Waals surface area contributed by atoms with Crippen LogP contribution >= 0.6 is 0 Å². The molecular weight excluding hydrogens is 394 g/mol. The molecule has 31 heavy (non-hydrogen) atoms. The van der Waals surface area contributed by atoms with E-state index in [-0.39, 0.29) is 17.2 Å². The summed E-state index contributed by atoms with van der Waals surface area (Å²) in [6, 6.07) is 9.04. The lowest BCUT2D eigenvalue weighted by Gasteiger charge is -2.46. The molecule has 162 valence electrons. The van der Waals surface area contributed by atoms with E-state index < -0.39 is 5.41 Å². The Bertz CT molecular complexity index is 972. The summed E-state index contributed by atoms with van der Waals surface area (Å²) >= 11 is 0. The van der Waals surface area contributed by atoms with Crippen molar-refractivity contribution in [1.29, 1.82) is 0 Å². The van der Waals surface area contributed by atoms with E-state index in [1.165, 1.54) is 0 Å². The Morgan fingerprint density at radius 1 is 1.06 bits per heavy atom. The number of fused-ring (bicyclic) bond motifs is 1. The summed E-state index contributed by atoms with van der Waals surface area (Å²) in [5.74, 6) is 1.58. The lowest BCUT2D eigenvalue weighted by atomic mass is 9.60. The van der Waals surface area contributed by atoms with Crippen LogP contribution in [-0.4, -0.2) is 66.5 Å². The topological polar surface area (TPSA) is 87.7 Å². The third kappa shape index (κ3) is 3.12. The van der Waals surface area contributed by atoms with Crippen molar-refractivity contribution in [3.8, 4) is 5.75 Å². The number of likely N-dealkylation sites (tertiary alicyclic amines) is 1. The van der Waals surface area contributed by atoms with Crippen molar-refractivity contribution in [2.75, 3.05) is 44.7 Å². The number of hydrogen-bond acceptors (Lipinski definition) is 6. The molecule has 3 aliphatic heterocycles. The van der Waals surface area contributed by atoms with E-state index in [2.05, 4.69) is 20.2 Å². The van der Waals surface area contributed by atoms with Gasteiger partial charge in [-0.1, -0.05) is 0 Å². The molecule has 2 amide bonds. The van der Waals surface area contributed by atoms with E-state index in [1.54, 1.807) is 25.6 Å². The Kier molecular flexibility index (Phi) is 4.79. The minimum atomic E-state index is -0.443. The maximum Gasteiger partial charge on any atom is 0.253 e. The number of nitrogens with one attached hydrogen (secondary N) is 1. The first kappa shape index (κ1) is 19.8. The van der Waals surface area contributed by atoms with Gasteiger partial charge in [0.1, 0.15) is 5.75 Å². The molecule has 0 aliphatic carbocycles. The van der Waals surface area contributed by atoms with Crippen LogP contribution in [0.5, 0.6) is 5.75 Å². The van der Waals surface area contributed by atoms with Crippen molar-refractivity contribution in [2.24, 2.45) is 10.8 Å². The predicted molar refractivity (Wildman–Crippen MR) is 115 cm³/mol. The number of hydrogen-bond donors (Lipinski definition) is 1. The van der Waals surface area contributed by atoms with Gasteiger partial charge in [0, 0.05) is 56.1 Å². The first-order valence-electron chi connectivity index (χ1n) is 10.8. The van der Waals surface area contributed by atoms with Gasteiger partial charge in [0.15, 0.2) is 0 Å². The molecule has 0 radical (unpaired) electrons. The summed E-state index contributed by atoms with van der Waals surface area (Å²) in [6.07, 6.45) is 5.90. The van der Waals surface area contributed by atoms with Gasteiger partial charge < -0.3 is 19.9 Å². The normalized spacial score (nSPS) is 24.6. The number of piperidine rings is 1. The van der Waals surface area contributed by atoms with Crippen LogP contribution in [0.4, 0.5) is 5.95 Å². The summed E-state index contributed by atoms with van der Waals surface area (Å²) in [5.41, 5.74) is 0.0427. The Hall–Kier alpha value is -3.16. The van der Waals surface area contributed by atoms with E-state index in [9.17, 15) is 9.59 Å². The van der Waals surface area contributed by atoms with Gasteiger partial charge in [-0.25, -0.2) is 9.97 Å². The highest BCUT2D eigenvalue weighted by atomic mass is 16.5. The number of nitrogens with zero attached hydrogens (tertiary/aromatic N) is 4. The Morgan fingerprint density at radius 3 is 2.39 bits per heavy atom. The Morgan fingerprint density at radius 2 is 1.77 bits per heavy atom. The second-order valence-electron chi connectivity index (χ2n) is 8.79. The zero-order valence-corrected chi connectivity index (χ0v) is 17.7. The number of carbonyl (C=O) groups is 2. The van der Waals surface area contributed by atoms with E-state index in [0.29, 0.717) is 37.7 Å². The zero-order chi connectivity index (χ0) is 21.5. The van der Waals surface area contributed by atoms with Gasteiger partial charge in [-0.2, -0.15) is 0 Å². The number of amides is 2. The van der Waals surface area contributed by atoms with Gasteiger partial charge >= 0.3 is 0 Å². The number of methoxy groups -OCH3 is 1. The van der Waals surface area contributed by atoms with E-state index >= 15 is 0 Å². The van der Waals surface area contributed by atoms with Crippen LogP contribution in [0.25, 0.3) is 0 Å². The van der Waals surface area contributed by atoms with Crippen LogP contribution in [-0.2, 0) is 4.79 Å². The van der Waals surface area contributed by atoms with Crippen molar-refractivity contribution < 1.29 is 14.3 Å². The molecule has 0 saturated carbocycles. The monoisotopic (exact) mass is 421 g/mol. The van der Waals surface area contributed by atoms with Gasteiger partial charge in [0.25, 0.3) is 5.91 Å². The summed E-state index contributed by atoms with van der Waals surface area (Å²) < 4.78 is 5.19. The molecule has 1 atom stereocenters. The Balaban J connectivity index is 1.36. The molecule has 4 heterocycles. The fourth-order valence-electron chi connectivity index (χ4n) is 5.68. The zero-order valence-electron chi connectivity index (χ0n) is 17.7. The number of anilines is 1. The standard InChI is InChI=1S/C23H27N5O3/c1-31-18-5-3-17(4-6-18)19(29)27-13-8-22(9-14-27)15-28(21-25-10-2-11-26-21)16-23(22)7-12-24-20(23)30/h2-6,10-11H,7-9,12-16H2,1H3,(H,24,30). The summed E-state index contributed by atoms with van der Waals surface area (Å²) in [5, 5.41) is 3.07. The molecule has 3 fully saturated rings. The molecule has 1 aromatic heterocycles. The molecule has 3 aliphatic rings. The van der Waals surface area contributed by atoms with Crippen LogP contribution in [0, 0.1) is 10.8 Å². The van der Waals surface area contributed by atoms with Crippen molar-refractivity contribution in [3.05, 3.63) is 48.3 Å². The number of aromatic nitrogens is 2. The van der Waals surface area contributed by atoms with Crippen molar-refractivity contribution in [2.45, 2.75) is 19.3 Å². The molecule has 3 saturated heterocycles. The lowest BCUT2D eigenvalue weighted by Crippen LogP contribution is -2.53. The highest BCUT2D eigenvalue weighted by Gasteiger charge is 2.64. The first-order chi connectivity index (χ1) is 15.1. The molecule has 2 aromatic rings. The largest absolute Gasteiger partial charge is 0.497 e. The van der Waals surface area contributed by atoms with Crippen LogP contribution in [0.3, 0.4) is 0 Å². The summed E-state index contributed by atoms with van der Waals surface area (Å²) in [6.45, 7) is 3.37.